The summed E-state index contributed by atoms with van der Waals surface area (Å²) in [7, 11) is 1.63. The Balaban J connectivity index is 2.47. The Kier molecular flexibility index (Phi) is 4.92. The predicted octanol–water partition coefficient (Wildman–Crippen LogP) is 4.57. The summed E-state index contributed by atoms with van der Waals surface area (Å²) in [4.78, 5) is 11.6. The first-order valence-corrected chi connectivity index (χ1v) is 7.85. The van der Waals surface area contributed by atoms with Gasteiger partial charge < -0.3 is 9.84 Å². The standard InChI is InChI=1S/C18H26O3/c1-11(2)14-7-5-12(3)9-16(14)17-10-13(21-4)6-8-15(17)18(19)20/h6,8,10-12,14,16H,5,7,9H2,1-4H3,(H,19,20). The number of ether oxygens (including phenoxy) is 1. The van der Waals surface area contributed by atoms with Crippen LogP contribution in [0.5, 0.6) is 5.75 Å². The highest BCUT2D eigenvalue weighted by molar-refractivity contribution is 5.90. The van der Waals surface area contributed by atoms with Gasteiger partial charge in [0.05, 0.1) is 12.7 Å². The monoisotopic (exact) mass is 290 g/mol. The van der Waals surface area contributed by atoms with Crippen LogP contribution in [0.15, 0.2) is 18.2 Å². The summed E-state index contributed by atoms with van der Waals surface area (Å²) in [5.74, 6) is 1.98. The molecule has 1 saturated carbocycles. The minimum absolute atomic E-state index is 0.315. The molecule has 3 heteroatoms. The normalized spacial score (nSPS) is 25.9. The molecule has 1 aliphatic rings. The van der Waals surface area contributed by atoms with Gasteiger partial charge in [-0.2, -0.15) is 0 Å². The smallest absolute Gasteiger partial charge is 0.335 e. The van der Waals surface area contributed by atoms with E-state index in [4.69, 9.17) is 4.74 Å². The van der Waals surface area contributed by atoms with Gasteiger partial charge in [0.25, 0.3) is 0 Å². The number of carbonyl (C=O) groups is 1. The van der Waals surface area contributed by atoms with Crippen molar-refractivity contribution >= 4 is 5.97 Å². The summed E-state index contributed by atoms with van der Waals surface area (Å²) < 4.78 is 5.31. The molecule has 1 aromatic carbocycles. The third kappa shape index (κ3) is 3.39. The van der Waals surface area contributed by atoms with Gasteiger partial charge in [0.15, 0.2) is 0 Å². The molecule has 1 fully saturated rings. The Labute approximate surface area is 127 Å². The third-order valence-corrected chi connectivity index (χ3v) is 4.91. The summed E-state index contributed by atoms with van der Waals surface area (Å²) in [5, 5.41) is 9.51. The fraction of sp³-hybridized carbons (Fsp3) is 0.611. The number of carboxylic acid groups (broad SMARTS) is 1. The van der Waals surface area contributed by atoms with Crippen LogP contribution < -0.4 is 4.74 Å². The fourth-order valence-electron chi connectivity index (χ4n) is 3.73. The number of methoxy groups -OCH3 is 1. The molecule has 0 spiro atoms. The van der Waals surface area contributed by atoms with Gasteiger partial charge in [-0.05, 0) is 60.3 Å². The second kappa shape index (κ2) is 6.50. The lowest BCUT2D eigenvalue weighted by Crippen LogP contribution is -2.27. The molecule has 0 aliphatic heterocycles. The van der Waals surface area contributed by atoms with Crippen molar-refractivity contribution in [2.24, 2.45) is 17.8 Å². The van der Waals surface area contributed by atoms with Crippen LogP contribution in [-0.2, 0) is 0 Å². The van der Waals surface area contributed by atoms with E-state index in [1.807, 2.05) is 6.07 Å². The van der Waals surface area contributed by atoms with Crippen LogP contribution in [0.1, 0.15) is 61.9 Å². The summed E-state index contributed by atoms with van der Waals surface area (Å²) in [6.45, 7) is 6.76. The van der Waals surface area contributed by atoms with E-state index in [0.29, 0.717) is 29.2 Å². The predicted molar refractivity (Wildman–Crippen MR) is 84.0 cm³/mol. The molecule has 1 N–H and O–H groups in total. The summed E-state index contributed by atoms with van der Waals surface area (Å²) in [5.41, 5.74) is 1.38. The highest BCUT2D eigenvalue weighted by atomic mass is 16.5. The number of aromatic carboxylic acids is 1. The van der Waals surface area contributed by atoms with E-state index in [2.05, 4.69) is 20.8 Å². The van der Waals surface area contributed by atoms with E-state index in [-0.39, 0.29) is 0 Å². The van der Waals surface area contributed by atoms with E-state index < -0.39 is 5.97 Å². The lowest BCUT2D eigenvalue weighted by molar-refractivity contribution is 0.0692. The Hall–Kier alpha value is -1.51. The van der Waals surface area contributed by atoms with Gasteiger partial charge in [-0.25, -0.2) is 4.79 Å². The van der Waals surface area contributed by atoms with Crippen LogP contribution in [-0.4, -0.2) is 18.2 Å². The highest BCUT2D eigenvalue weighted by Crippen LogP contribution is 2.45. The molecule has 3 atom stereocenters. The first kappa shape index (κ1) is 15.9. The first-order chi connectivity index (χ1) is 9.93. The third-order valence-electron chi connectivity index (χ3n) is 4.91. The Morgan fingerprint density at radius 1 is 1.33 bits per heavy atom. The summed E-state index contributed by atoms with van der Waals surface area (Å²) >= 11 is 0. The van der Waals surface area contributed by atoms with E-state index >= 15 is 0 Å². The van der Waals surface area contributed by atoms with Crippen molar-refractivity contribution in [3.8, 4) is 5.75 Å². The largest absolute Gasteiger partial charge is 0.497 e. The topological polar surface area (TPSA) is 46.5 Å². The average molecular weight is 290 g/mol. The Morgan fingerprint density at radius 2 is 2.05 bits per heavy atom. The van der Waals surface area contributed by atoms with Gasteiger partial charge in [0, 0.05) is 0 Å². The zero-order valence-electron chi connectivity index (χ0n) is 13.4. The van der Waals surface area contributed by atoms with Gasteiger partial charge in [0.2, 0.25) is 0 Å². The summed E-state index contributed by atoms with van der Waals surface area (Å²) in [6.07, 6.45) is 3.49. The molecule has 3 nitrogen and oxygen atoms in total. The van der Waals surface area contributed by atoms with Crippen molar-refractivity contribution in [1.29, 1.82) is 0 Å². The molecule has 0 amide bonds. The second-order valence-electron chi connectivity index (χ2n) is 6.69. The minimum Gasteiger partial charge on any atom is -0.497 e. The Bertz CT molecular complexity index is 507. The van der Waals surface area contributed by atoms with Gasteiger partial charge in [0.1, 0.15) is 5.75 Å². The molecule has 1 aliphatic carbocycles. The van der Waals surface area contributed by atoms with Crippen molar-refractivity contribution in [3.63, 3.8) is 0 Å². The van der Waals surface area contributed by atoms with Crippen LogP contribution >= 0.6 is 0 Å². The molecule has 3 unspecified atom stereocenters. The van der Waals surface area contributed by atoms with Gasteiger partial charge in [-0.15, -0.1) is 0 Å². The van der Waals surface area contributed by atoms with Gasteiger partial charge in [-0.3, -0.25) is 0 Å². The molecule has 1 aromatic rings. The zero-order chi connectivity index (χ0) is 15.6. The maximum Gasteiger partial charge on any atom is 0.335 e. The number of carboxylic acids is 1. The van der Waals surface area contributed by atoms with E-state index in [9.17, 15) is 9.90 Å². The van der Waals surface area contributed by atoms with Crippen molar-refractivity contribution in [3.05, 3.63) is 29.3 Å². The Morgan fingerprint density at radius 3 is 2.62 bits per heavy atom. The lowest BCUT2D eigenvalue weighted by atomic mass is 9.67. The number of hydrogen-bond donors (Lipinski definition) is 1. The van der Waals surface area contributed by atoms with Crippen LogP contribution in [0.4, 0.5) is 0 Å². The first-order valence-electron chi connectivity index (χ1n) is 7.85. The molecule has 116 valence electrons. The SMILES string of the molecule is COc1ccc(C(=O)O)c(C2CC(C)CCC2C(C)C)c1. The summed E-state index contributed by atoms with van der Waals surface area (Å²) in [6, 6.07) is 5.36. The van der Waals surface area contributed by atoms with Crippen molar-refractivity contribution in [2.75, 3.05) is 7.11 Å². The number of hydrogen-bond acceptors (Lipinski definition) is 2. The molecule has 2 rings (SSSR count). The fourth-order valence-corrected chi connectivity index (χ4v) is 3.73. The van der Waals surface area contributed by atoms with Crippen LogP contribution in [0.25, 0.3) is 0 Å². The molecule has 0 saturated heterocycles. The van der Waals surface area contributed by atoms with Crippen molar-refractivity contribution in [1.82, 2.24) is 0 Å². The van der Waals surface area contributed by atoms with Crippen molar-refractivity contribution < 1.29 is 14.6 Å². The van der Waals surface area contributed by atoms with Crippen LogP contribution in [0, 0.1) is 17.8 Å². The van der Waals surface area contributed by atoms with E-state index in [1.165, 1.54) is 12.8 Å². The van der Waals surface area contributed by atoms with Gasteiger partial charge in [-0.1, -0.05) is 27.2 Å². The molecular formula is C18H26O3. The lowest BCUT2D eigenvalue weighted by Gasteiger charge is -2.38. The maximum atomic E-state index is 11.6. The molecular weight excluding hydrogens is 264 g/mol. The quantitative estimate of drug-likeness (QED) is 0.883. The van der Waals surface area contributed by atoms with Crippen molar-refractivity contribution in [2.45, 2.75) is 46.0 Å². The maximum absolute atomic E-state index is 11.6. The molecule has 0 aromatic heterocycles. The molecule has 0 bridgehead atoms. The van der Waals surface area contributed by atoms with Crippen LogP contribution in [0.2, 0.25) is 0 Å². The van der Waals surface area contributed by atoms with E-state index in [0.717, 1.165) is 17.7 Å². The minimum atomic E-state index is -0.839. The zero-order valence-corrected chi connectivity index (χ0v) is 13.4. The average Bonchev–Trinajstić information content (AvgIpc) is 2.46. The van der Waals surface area contributed by atoms with Gasteiger partial charge >= 0.3 is 5.97 Å². The molecule has 21 heavy (non-hydrogen) atoms. The number of benzene rings is 1. The highest BCUT2D eigenvalue weighted by Gasteiger charge is 2.34. The second-order valence-corrected chi connectivity index (χ2v) is 6.69. The molecule has 0 heterocycles. The molecule has 0 radical (unpaired) electrons. The number of rotatable bonds is 4. The van der Waals surface area contributed by atoms with Crippen LogP contribution in [0.3, 0.4) is 0 Å². The van der Waals surface area contributed by atoms with E-state index in [1.54, 1.807) is 19.2 Å².